The molecule has 0 bridgehead atoms. The van der Waals surface area contributed by atoms with Crippen molar-refractivity contribution in [1.82, 2.24) is 15.6 Å². The lowest BCUT2D eigenvalue weighted by Crippen LogP contribution is -2.41. The third kappa shape index (κ3) is 7.19. The minimum Gasteiger partial charge on any atom is -0.489 e. The van der Waals surface area contributed by atoms with Crippen LogP contribution < -0.4 is 15.4 Å². The number of benzene rings is 1. The summed E-state index contributed by atoms with van der Waals surface area (Å²) in [5.41, 5.74) is 3.28. The van der Waals surface area contributed by atoms with Crippen molar-refractivity contribution < 1.29 is 4.74 Å². The molecule has 6 heteroatoms. The number of rotatable bonds is 7. The van der Waals surface area contributed by atoms with E-state index in [2.05, 4.69) is 53.5 Å². The number of pyridine rings is 1. The van der Waals surface area contributed by atoms with E-state index in [1.807, 2.05) is 31.2 Å². The molecule has 1 atom stereocenters. The molecule has 2 rings (SSSR count). The highest BCUT2D eigenvalue weighted by atomic mass is 127. The molecule has 2 N–H and O–H groups in total. The van der Waals surface area contributed by atoms with E-state index in [0.29, 0.717) is 13.1 Å². The topological polar surface area (TPSA) is 58.5 Å². The second-order valence-corrected chi connectivity index (χ2v) is 6.04. The molecule has 1 aromatic heterocycles. The summed E-state index contributed by atoms with van der Waals surface area (Å²) >= 11 is 0. The first-order valence-electron chi connectivity index (χ1n) is 8.75. The molecule has 0 amide bonds. The van der Waals surface area contributed by atoms with Crippen LogP contribution in [-0.2, 0) is 6.54 Å². The summed E-state index contributed by atoms with van der Waals surface area (Å²) in [6.45, 7) is 10.2. The highest BCUT2D eigenvalue weighted by Crippen LogP contribution is 2.17. The minimum atomic E-state index is 0. The maximum absolute atomic E-state index is 6.00. The van der Waals surface area contributed by atoms with Crippen LogP contribution in [0.25, 0.3) is 0 Å². The van der Waals surface area contributed by atoms with E-state index in [-0.39, 0.29) is 30.1 Å². The Balaban J connectivity index is 0.00000338. The fraction of sp³-hybridized carbons (Fsp3) is 0.400. The summed E-state index contributed by atoms with van der Waals surface area (Å²) in [4.78, 5) is 9.00. The van der Waals surface area contributed by atoms with Crippen LogP contribution in [0.5, 0.6) is 5.75 Å². The van der Waals surface area contributed by atoms with Crippen molar-refractivity contribution in [3.05, 3.63) is 59.4 Å². The van der Waals surface area contributed by atoms with Crippen LogP contribution in [0, 0.1) is 13.8 Å². The Morgan fingerprint density at radius 2 is 1.85 bits per heavy atom. The summed E-state index contributed by atoms with van der Waals surface area (Å²) in [7, 11) is 0. The maximum atomic E-state index is 6.00. The number of para-hydroxylation sites is 1. The lowest BCUT2D eigenvalue weighted by atomic mass is 10.2. The number of hydrogen-bond acceptors (Lipinski definition) is 3. The van der Waals surface area contributed by atoms with E-state index in [9.17, 15) is 0 Å². The Morgan fingerprint density at radius 1 is 1.12 bits per heavy atom. The predicted molar refractivity (Wildman–Crippen MR) is 118 cm³/mol. The molecule has 0 aliphatic rings. The van der Waals surface area contributed by atoms with Crippen LogP contribution in [0.3, 0.4) is 0 Å². The smallest absolute Gasteiger partial charge is 0.191 e. The van der Waals surface area contributed by atoms with E-state index in [0.717, 1.165) is 35.1 Å². The molecule has 1 aromatic carbocycles. The lowest BCUT2D eigenvalue weighted by molar-refractivity contribution is 0.222. The summed E-state index contributed by atoms with van der Waals surface area (Å²) in [5.74, 6) is 1.69. The Kier molecular flexibility index (Phi) is 10.0. The molecule has 0 aliphatic carbocycles. The SMILES string of the molecule is CCNC(=NCc1ncccc1C)NCC(C)Oc1ccccc1C.I. The zero-order valence-electron chi connectivity index (χ0n) is 16.0. The molecule has 5 nitrogen and oxygen atoms in total. The van der Waals surface area contributed by atoms with Gasteiger partial charge in [-0.2, -0.15) is 0 Å². The molecule has 0 saturated carbocycles. The summed E-state index contributed by atoms with van der Waals surface area (Å²) in [6, 6.07) is 12.0. The van der Waals surface area contributed by atoms with Crippen LogP contribution >= 0.6 is 24.0 Å². The summed E-state index contributed by atoms with van der Waals surface area (Å²) in [5, 5.41) is 6.59. The van der Waals surface area contributed by atoms with E-state index in [4.69, 9.17) is 4.74 Å². The first-order valence-corrected chi connectivity index (χ1v) is 8.75. The Hall–Kier alpha value is -1.83. The van der Waals surface area contributed by atoms with Gasteiger partial charge in [-0.25, -0.2) is 4.99 Å². The molecule has 0 saturated heterocycles. The van der Waals surface area contributed by atoms with Gasteiger partial charge in [-0.1, -0.05) is 24.3 Å². The molecule has 0 spiro atoms. The summed E-state index contributed by atoms with van der Waals surface area (Å²) < 4.78 is 6.00. The van der Waals surface area contributed by atoms with Crippen LogP contribution in [0.4, 0.5) is 0 Å². The van der Waals surface area contributed by atoms with Gasteiger partial charge in [0.05, 0.1) is 18.8 Å². The van der Waals surface area contributed by atoms with Gasteiger partial charge in [0.15, 0.2) is 5.96 Å². The van der Waals surface area contributed by atoms with Crippen LogP contribution in [0.15, 0.2) is 47.6 Å². The van der Waals surface area contributed by atoms with Crippen molar-refractivity contribution in [3.8, 4) is 5.75 Å². The second-order valence-electron chi connectivity index (χ2n) is 6.04. The average Bonchev–Trinajstić information content (AvgIpc) is 2.60. The van der Waals surface area contributed by atoms with Gasteiger partial charge in [-0.05, 0) is 51.0 Å². The van der Waals surface area contributed by atoms with Gasteiger partial charge in [0.25, 0.3) is 0 Å². The number of aliphatic imine (C=N–C) groups is 1. The number of guanidine groups is 1. The van der Waals surface area contributed by atoms with Crippen molar-refractivity contribution in [2.45, 2.75) is 40.3 Å². The van der Waals surface area contributed by atoms with Gasteiger partial charge < -0.3 is 15.4 Å². The van der Waals surface area contributed by atoms with Gasteiger partial charge in [-0.15, -0.1) is 24.0 Å². The van der Waals surface area contributed by atoms with Gasteiger partial charge >= 0.3 is 0 Å². The molecule has 1 heterocycles. The number of halogens is 1. The lowest BCUT2D eigenvalue weighted by Gasteiger charge is -2.18. The fourth-order valence-corrected chi connectivity index (χ4v) is 2.37. The van der Waals surface area contributed by atoms with Crippen molar-refractivity contribution in [2.75, 3.05) is 13.1 Å². The van der Waals surface area contributed by atoms with Crippen LogP contribution in [0.2, 0.25) is 0 Å². The van der Waals surface area contributed by atoms with Gasteiger partial charge in [0, 0.05) is 12.7 Å². The molecule has 0 fully saturated rings. The van der Waals surface area contributed by atoms with Gasteiger partial charge in [0.1, 0.15) is 11.9 Å². The maximum Gasteiger partial charge on any atom is 0.191 e. The van der Waals surface area contributed by atoms with E-state index in [1.54, 1.807) is 6.20 Å². The normalized spacial score (nSPS) is 12.1. The minimum absolute atomic E-state index is 0. The van der Waals surface area contributed by atoms with Gasteiger partial charge in [-0.3, -0.25) is 4.98 Å². The monoisotopic (exact) mass is 468 g/mol. The largest absolute Gasteiger partial charge is 0.489 e. The quantitative estimate of drug-likeness (QED) is 0.369. The molecule has 142 valence electrons. The van der Waals surface area contributed by atoms with Gasteiger partial charge in [0.2, 0.25) is 0 Å². The van der Waals surface area contributed by atoms with Crippen LogP contribution in [-0.4, -0.2) is 30.1 Å². The summed E-state index contributed by atoms with van der Waals surface area (Å²) in [6.07, 6.45) is 1.83. The molecule has 26 heavy (non-hydrogen) atoms. The van der Waals surface area contributed by atoms with Crippen molar-refractivity contribution in [3.63, 3.8) is 0 Å². The third-order valence-electron chi connectivity index (χ3n) is 3.83. The van der Waals surface area contributed by atoms with E-state index >= 15 is 0 Å². The predicted octanol–water partition coefficient (Wildman–Crippen LogP) is 3.84. The Morgan fingerprint density at radius 3 is 2.54 bits per heavy atom. The van der Waals surface area contributed by atoms with Crippen molar-refractivity contribution in [2.24, 2.45) is 4.99 Å². The zero-order chi connectivity index (χ0) is 18.1. The number of aryl methyl sites for hydroxylation is 2. The molecular weight excluding hydrogens is 439 g/mol. The highest BCUT2D eigenvalue weighted by Gasteiger charge is 2.07. The Labute approximate surface area is 173 Å². The number of nitrogens with zero attached hydrogens (tertiary/aromatic N) is 2. The van der Waals surface area contributed by atoms with Crippen molar-refractivity contribution in [1.29, 1.82) is 0 Å². The third-order valence-corrected chi connectivity index (χ3v) is 3.83. The Bertz CT molecular complexity index is 706. The molecule has 2 aromatic rings. The molecular formula is C20H29IN4O. The second kappa shape index (κ2) is 11.7. The number of aromatic nitrogens is 1. The zero-order valence-corrected chi connectivity index (χ0v) is 18.3. The van der Waals surface area contributed by atoms with Crippen molar-refractivity contribution >= 4 is 29.9 Å². The molecule has 0 aliphatic heterocycles. The average molecular weight is 468 g/mol. The van der Waals surface area contributed by atoms with Crippen LogP contribution in [0.1, 0.15) is 30.7 Å². The standard InChI is InChI=1S/C20H28N4O.HI/c1-5-21-20(24-14-18-15(2)10-8-12-22-18)23-13-17(4)25-19-11-7-6-9-16(19)3;/h6-12,17H,5,13-14H2,1-4H3,(H2,21,23,24);1H. The fourth-order valence-electron chi connectivity index (χ4n) is 2.37. The number of hydrogen-bond donors (Lipinski definition) is 2. The van der Waals surface area contributed by atoms with E-state index in [1.165, 1.54) is 0 Å². The molecule has 0 radical (unpaired) electrons. The highest BCUT2D eigenvalue weighted by molar-refractivity contribution is 14.0. The number of ether oxygens (including phenoxy) is 1. The van der Waals surface area contributed by atoms with E-state index < -0.39 is 0 Å². The first-order chi connectivity index (χ1) is 12.1. The number of nitrogens with one attached hydrogen (secondary N) is 2. The first kappa shape index (κ1) is 22.2. The molecule has 1 unspecified atom stereocenters.